The lowest BCUT2D eigenvalue weighted by Gasteiger charge is -2.09. The van der Waals surface area contributed by atoms with Crippen molar-refractivity contribution in [3.8, 4) is 11.3 Å². The third kappa shape index (κ3) is 2.80. The Morgan fingerprint density at radius 2 is 2.11 bits per heavy atom. The minimum Gasteiger partial charge on any atom is -0.331 e. The van der Waals surface area contributed by atoms with Crippen LogP contribution in [0.4, 0.5) is 9.80 Å². The molecule has 0 spiro atoms. The van der Waals surface area contributed by atoms with E-state index in [9.17, 15) is 4.79 Å². The summed E-state index contributed by atoms with van der Waals surface area (Å²) in [5.74, 6) is 0. The van der Waals surface area contributed by atoms with Gasteiger partial charge in [0.05, 0.1) is 5.69 Å². The first kappa shape index (κ1) is 12.9. The molecule has 2 aromatic rings. The second-order valence-corrected chi connectivity index (χ2v) is 5.09. The highest BCUT2D eigenvalue weighted by Gasteiger charge is 2.10. The fourth-order valence-electron chi connectivity index (χ4n) is 1.35. The zero-order valence-corrected chi connectivity index (χ0v) is 11.5. The van der Waals surface area contributed by atoms with Gasteiger partial charge < -0.3 is 4.90 Å². The monoisotopic (exact) mass is 281 g/mol. The largest absolute Gasteiger partial charge is 0.331 e. The predicted octanol–water partition coefficient (Wildman–Crippen LogP) is 3.56. The maximum atomic E-state index is 11.5. The van der Waals surface area contributed by atoms with Crippen molar-refractivity contribution in [2.45, 2.75) is 0 Å². The van der Waals surface area contributed by atoms with Crippen LogP contribution in [0.2, 0.25) is 5.02 Å². The smallest absolute Gasteiger partial charge is 0.321 e. The number of carbonyl (C=O) groups excluding carboxylic acids is 1. The second kappa shape index (κ2) is 5.37. The molecule has 0 fully saturated rings. The quantitative estimate of drug-likeness (QED) is 0.915. The summed E-state index contributed by atoms with van der Waals surface area (Å²) in [6, 6.07) is 9.12. The summed E-state index contributed by atoms with van der Waals surface area (Å²) in [4.78, 5) is 13.0. The van der Waals surface area contributed by atoms with Crippen LogP contribution in [0.1, 0.15) is 0 Å². The molecule has 0 bridgehead atoms. The molecule has 1 N–H and O–H groups in total. The molecule has 0 aliphatic heterocycles. The lowest BCUT2D eigenvalue weighted by atomic mass is 10.1. The van der Waals surface area contributed by atoms with Gasteiger partial charge in [-0.15, -0.1) is 0 Å². The van der Waals surface area contributed by atoms with Gasteiger partial charge in [0, 0.05) is 30.7 Å². The van der Waals surface area contributed by atoms with E-state index in [1.54, 1.807) is 14.1 Å². The van der Waals surface area contributed by atoms with Crippen molar-refractivity contribution in [2.75, 3.05) is 19.4 Å². The lowest BCUT2D eigenvalue weighted by Crippen LogP contribution is -2.26. The first-order valence-electron chi connectivity index (χ1n) is 5.28. The summed E-state index contributed by atoms with van der Waals surface area (Å²) in [6.45, 7) is 0. The van der Waals surface area contributed by atoms with Crippen LogP contribution < -0.4 is 5.32 Å². The van der Waals surface area contributed by atoms with E-state index in [1.807, 2.05) is 30.3 Å². The summed E-state index contributed by atoms with van der Waals surface area (Å²) >= 11 is 7.32. The van der Waals surface area contributed by atoms with Gasteiger partial charge in [-0.3, -0.25) is 5.32 Å². The zero-order chi connectivity index (χ0) is 13.1. The highest BCUT2D eigenvalue weighted by atomic mass is 35.5. The Morgan fingerprint density at radius 1 is 1.39 bits per heavy atom. The van der Waals surface area contributed by atoms with Crippen LogP contribution in [0.25, 0.3) is 11.3 Å². The third-order valence-electron chi connectivity index (χ3n) is 2.30. The van der Waals surface area contributed by atoms with Crippen molar-refractivity contribution in [3.05, 3.63) is 35.4 Å². The van der Waals surface area contributed by atoms with E-state index in [2.05, 4.69) is 9.69 Å². The zero-order valence-electron chi connectivity index (χ0n) is 9.98. The molecular formula is C12H12ClN3OS. The molecule has 0 saturated carbocycles. The van der Waals surface area contributed by atoms with Crippen molar-refractivity contribution in [1.82, 2.24) is 9.27 Å². The molecule has 0 atom stereocenters. The van der Waals surface area contributed by atoms with Crippen LogP contribution in [0.3, 0.4) is 0 Å². The summed E-state index contributed by atoms with van der Waals surface area (Å²) in [6.07, 6.45) is 0. The maximum Gasteiger partial charge on any atom is 0.321 e. The molecule has 0 aliphatic carbocycles. The number of rotatable bonds is 2. The summed E-state index contributed by atoms with van der Waals surface area (Å²) in [5.41, 5.74) is 1.63. The van der Waals surface area contributed by atoms with Gasteiger partial charge in [0.25, 0.3) is 0 Å². The molecule has 6 heteroatoms. The first-order chi connectivity index (χ1) is 8.58. The van der Waals surface area contributed by atoms with Crippen molar-refractivity contribution >= 4 is 34.2 Å². The Balaban J connectivity index is 2.21. The molecule has 0 unspecified atom stereocenters. The fraction of sp³-hybridized carbons (Fsp3) is 0.167. The van der Waals surface area contributed by atoms with E-state index >= 15 is 0 Å². The van der Waals surface area contributed by atoms with Crippen LogP contribution >= 0.6 is 23.1 Å². The van der Waals surface area contributed by atoms with Gasteiger partial charge in [0.2, 0.25) is 0 Å². The maximum absolute atomic E-state index is 11.5. The van der Waals surface area contributed by atoms with Crippen molar-refractivity contribution in [2.24, 2.45) is 0 Å². The van der Waals surface area contributed by atoms with Crippen molar-refractivity contribution < 1.29 is 4.79 Å². The number of hydrogen-bond acceptors (Lipinski definition) is 3. The number of amides is 2. The minimum absolute atomic E-state index is 0.177. The average molecular weight is 282 g/mol. The van der Waals surface area contributed by atoms with Crippen LogP contribution in [0, 0.1) is 0 Å². The van der Waals surface area contributed by atoms with Crippen molar-refractivity contribution in [3.63, 3.8) is 0 Å². The number of benzene rings is 1. The Bertz CT molecular complexity index is 568. The number of anilines is 1. The van der Waals surface area contributed by atoms with Gasteiger partial charge in [0.15, 0.2) is 0 Å². The van der Waals surface area contributed by atoms with Gasteiger partial charge in [-0.05, 0) is 17.6 Å². The van der Waals surface area contributed by atoms with Gasteiger partial charge in [-0.25, -0.2) is 4.79 Å². The number of urea groups is 1. The molecule has 4 nitrogen and oxygen atoms in total. The molecule has 1 aromatic heterocycles. The molecule has 0 aliphatic rings. The Kier molecular flexibility index (Phi) is 3.84. The third-order valence-corrected chi connectivity index (χ3v) is 3.33. The molecule has 94 valence electrons. The summed E-state index contributed by atoms with van der Waals surface area (Å²) in [7, 11) is 3.37. The molecular weight excluding hydrogens is 270 g/mol. The SMILES string of the molecule is CN(C)C(=O)Nc1cc(-c2ccccc2Cl)ns1. The van der Waals surface area contributed by atoms with Gasteiger partial charge in [0.1, 0.15) is 5.00 Å². The Labute approximate surface area is 114 Å². The van der Waals surface area contributed by atoms with Gasteiger partial charge in [-0.2, -0.15) is 4.37 Å². The van der Waals surface area contributed by atoms with Crippen LogP contribution in [-0.2, 0) is 0 Å². The fourth-order valence-corrected chi connectivity index (χ4v) is 2.22. The number of carbonyl (C=O) groups is 1. The highest BCUT2D eigenvalue weighted by Crippen LogP contribution is 2.30. The standard InChI is InChI=1S/C12H12ClN3OS/c1-16(2)12(17)14-11-7-10(15-18-11)8-5-3-4-6-9(8)13/h3-7H,1-2H3,(H,14,17). The molecule has 18 heavy (non-hydrogen) atoms. The molecule has 0 radical (unpaired) electrons. The number of nitrogens with zero attached hydrogens (tertiary/aromatic N) is 2. The van der Waals surface area contributed by atoms with E-state index in [-0.39, 0.29) is 6.03 Å². The first-order valence-corrected chi connectivity index (χ1v) is 6.43. The molecule has 2 amide bonds. The number of hydrogen-bond donors (Lipinski definition) is 1. The van der Waals surface area contributed by atoms with Crippen LogP contribution in [0.5, 0.6) is 0 Å². The molecule has 2 rings (SSSR count). The van der Waals surface area contributed by atoms with E-state index in [0.717, 1.165) is 11.3 Å². The molecule has 1 heterocycles. The lowest BCUT2D eigenvalue weighted by molar-refractivity contribution is 0.231. The Hall–Kier alpha value is -1.59. The van der Waals surface area contributed by atoms with Crippen LogP contribution in [-0.4, -0.2) is 29.4 Å². The number of aromatic nitrogens is 1. The predicted molar refractivity (Wildman–Crippen MR) is 75.3 cm³/mol. The summed E-state index contributed by atoms with van der Waals surface area (Å²) < 4.78 is 4.28. The van der Waals surface area contributed by atoms with Crippen LogP contribution in [0.15, 0.2) is 30.3 Å². The second-order valence-electron chi connectivity index (χ2n) is 3.88. The number of nitrogens with one attached hydrogen (secondary N) is 1. The topological polar surface area (TPSA) is 45.2 Å². The summed E-state index contributed by atoms with van der Waals surface area (Å²) in [5, 5.41) is 4.10. The van der Waals surface area contributed by atoms with E-state index in [0.29, 0.717) is 10.0 Å². The Morgan fingerprint density at radius 3 is 2.78 bits per heavy atom. The van der Waals surface area contributed by atoms with Crippen molar-refractivity contribution in [1.29, 1.82) is 0 Å². The normalized spacial score (nSPS) is 10.2. The molecule has 1 aromatic carbocycles. The van der Waals surface area contributed by atoms with Gasteiger partial charge in [-0.1, -0.05) is 29.8 Å². The van der Waals surface area contributed by atoms with E-state index < -0.39 is 0 Å². The van der Waals surface area contributed by atoms with E-state index in [1.165, 1.54) is 16.4 Å². The minimum atomic E-state index is -0.177. The average Bonchev–Trinajstić information content (AvgIpc) is 2.77. The highest BCUT2D eigenvalue weighted by molar-refractivity contribution is 7.10. The molecule has 0 saturated heterocycles. The van der Waals surface area contributed by atoms with E-state index in [4.69, 9.17) is 11.6 Å². The number of halogens is 1. The van der Waals surface area contributed by atoms with Gasteiger partial charge >= 0.3 is 6.03 Å².